The van der Waals surface area contributed by atoms with E-state index in [0.29, 0.717) is 11.3 Å². The number of carboxylic acids is 2. The number of nitrogens with two attached hydrogens (primary N) is 1. The van der Waals surface area contributed by atoms with E-state index in [1.807, 2.05) is 11.6 Å². The molecule has 15 nitrogen and oxygen atoms in total. The summed E-state index contributed by atoms with van der Waals surface area (Å²) in [4.78, 5) is 60.5. The number of nitrogens with one attached hydrogen (secondary N) is 1. The monoisotopic (exact) mass is 608 g/mol. The number of hydrogen-bond donors (Lipinski definition) is 5. The van der Waals surface area contributed by atoms with Gasteiger partial charge in [0.25, 0.3) is 11.8 Å². The lowest BCUT2D eigenvalue weighted by atomic mass is 10.0. The third kappa shape index (κ3) is 5.01. The van der Waals surface area contributed by atoms with Crippen molar-refractivity contribution in [2.75, 3.05) is 11.5 Å². The number of carbonyl (C=O) groups is 4. The number of thioether (sulfide) groups is 1. The van der Waals surface area contributed by atoms with Crippen molar-refractivity contribution in [3.63, 3.8) is 0 Å². The van der Waals surface area contributed by atoms with Gasteiger partial charge < -0.3 is 31.2 Å². The van der Waals surface area contributed by atoms with E-state index < -0.39 is 41.3 Å². The van der Waals surface area contributed by atoms with Gasteiger partial charge in [0.05, 0.1) is 0 Å². The Morgan fingerprint density at radius 3 is 2.75 bits per heavy atom. The molecule has 1 fully saturated rings. The maximum atomic E-state index is 13.1. The molecule has 3 atom stereocenters. The number of rotatable bonds is 10. The van der Waals surface area contributed by atoms with Crippen molar-refractivity contribution in [3.05, 3.63) is 45.9 Å². The molecule has 0 radical (unpaired) electrons. The molecule has 0 aliphatic carbocycles. The van der Waals surface area contributed by atoms with E-state index in [0.717, 1.165) is 21.1 Å². The molecular formula is C22H22N7O8S3+. The molecular weight excluding hydrogens is 586 g/mol. The molecule has 0 unspecified atom stereocenters. The zero-order chi connectivity index (χ0) is 28.7. The normalized spacial score (nSPS) is 19.8. The SMILES string of the molecule is C[C@H](O/N=C(\C(=O)N[C@@H]1C(=O)N2C(C(=O)O)=C(C[n+]3cc4scc(CO)n4c3)CS[C@H]12)c1csc(N)n1)C(=O)O. The third-order valence-electron chi connectivity index (χ3n) is 6.10. The summed E-state index contributed by atoms with van der Waals surface area (Å²) in [7, 11) is 0. The molecule has 0 saturated carbocycles. The first-order valence-electron chi connectivity index (χ1n) is 11.6. The van der Waals surface area contributed by atoms with Crippen molar-refractivity contribution >= 4 is 73.9 Å². The summed E-state index contributed by atoms with van der Waals surface area (Å²) in [5, 5.41) is 37.4. The van der Waals surface area contributed by atoms with Gasteiger partial charge in [0.2, 0.25) is 17.3 Å². The quantitative estimate of drug-likeness (QED) is 0.0852. The number of fused-ring (bicyclic) bond motifs is 2. The van der Waals surface area contributed by atoms with E-state index >= 15 is 0 Å². The first-order valence-corrected chi connectivity index (χ1v) is 14.4. The average molecular weight is 609 g/mol. The fourth-order valence-corrected chi connectivity index (χ4v) is 6.95. The van der Waals surface area contributed by atoms with Crippen molar-refractivity contribution in [1.82, 2.24) is 19.6 Å². The third-order valence-corrected chi connectivity index (χ3v) is 9.05. The highest BCUT2D eigenvalue weighted by Crippen LogP contribution is 2.40. The van der Waals surface area contributed by atoms with Gasteiger partial charge in [0.15, 0.2) is 10.8 Å². The summed E-state index contributed by atoms with van der Waals surface area (Å²) in [6.07, 6.45) is 2.22. The van der Waals surface area contributed by atoms with Crippen LogP contribution < -0.4 is 15.6 Å². The predicted molar refractivity (Wildman–Crippen MR) is 142 cm³/mol. The molecule has 2 aliphatic rings. The van der Waals surface area contributed by atoms with E-state index in [1.165, 1.54) is 35.4 Å². The van der Waals surface area contributed by atoms with Gasteiger partial charge in [-0.25, -0.2) is 19.1 Å². The Morgan fingerprint density at radius 2 is 2.10 bits per heavy atom. The Morgan fingerprint density at radius 1 is 1.32 bits per heavy atom. The van der Waals surface area contributed by atoms with Gasteiger partial charge in [-0.1, -0.05) is 16.5 Å². The summed E-state index contributed by atoms with van der Waals surface area (Å²) in [5.74, 6) is -3.78. The standard InChI is InChI=1S/C22H21N7O8S3/c1-9(20(33)34)37-26-14(12-7-40-22(23)24-12)17(31)25-15-18(32)29-16(21(35)36)10(5-39-19(15)29)2-27-3-13-28(8-27)11(4-30)6-38-13/h3,6-9,15,19,30H,2,4-5H2,1H3,(H4-,23,24,25,31,33,34,35,36)/p+1/b26-14-/t9-,15+,19+/m0/s1. The highest BCUT2D eigenvalue weighted by molar-refractivity contribution is 8.00. The Labute approximate surface area is 237 Å². The number of β-lactam (4-membered cyclic amide) rings is 1. The average Bonchev–Trinajstić information content (AvgIpc) is 3.62. The molecule has 2 amide bonds. The van der Waals surface area contributed by atoms with Crippen LogP contribution in [0.3, 0.4) is 0 Å². The van der Waals surface area contributed by atoms with E-state index in [4.69, 9.17) is 15.7 Å². The molecule has 3 aromatic heterocycles. The van der Waals surface area contributed by atoms with Gasteiger partial charge in [-0.05, 0) is 6.92 Å². The maximum Gasteiger partial charge on any atom is 0.352 e. The Kier molecular flexibility index (Phi) is 7.49. The van der Waals surface area contributed by atoms with Crippen molar-refractivity contribution in [2.24, 2.45) is 5.16 Å². The van der Waals surface area contributed by atoms with Crippen molar-refractivity contribution in [3.8, 4) is 0 Å². The first-order chi connectivity index (χ1) is 19.1. The smallest absolute Gasteiger partial charge is 0.352 e. The van der Waals surface area contributed by atoms with E-state index in [1.54, 1.807) is 15.3 Å². The Bertz CT molecular complexity index is 1590. The van der Waals surface area contributed by atoms with Crippen LogP contribution in [0, 0.1) is 0 Å². The number of amides is 2. The number of aliphatic carboxylic acids is 2. The lowest BCUT2D eigenvalue weighted by Crippen LogP contribution is -2.71. The molecule has 0 bridgehead atoms. The molecule has 0 aromatic carbocycles. The number of nitrogens with zero attached hydrogens (tertiary/aromatic N) is 5. The number of anilines is 1. The number of carbonyl (C=O) groups excluding carboxylic acids is 2. The summed E-state index contributed by atoms with van der Waals surface area (Å²) >= 11 is 3.76. The topological polar surface area (TPSA) is 213 Å². The second-order valence-electron chi connectivity index (χ2n) is 8.73. The molecule has 1 saturated heterocycles. The van der Waals surface area contributed by atoms with Gasteiger partial charge in [-0.15, -0.1) is 23.1 Å². The zero-order valence-electron chi connectivity index (χ0n) is 20.6. The molecule has 210 valence electrons. The number of aliphatic hydroxyl groups excluding tert-OH is 1. The molecule has 40 heavy (non-hydrogen) atoms. The van der Waals surface area contributed by atoms with Crippen molar-refractivity contribution in [1.29, 1.82) is 0 Å². The van der Waals surface area contributed by atoms with Crippen LogP contribution in [0.15, 0.2) is 39.7 Å². The molecule has 2 aliphatic heterocycles. The fourth-order valence-electron chi connectivity index (χ4n) is 4.14. The van der Waals surface area contributed by atoms with E-state index in [9.17, 15) is 29.4 Å². The van der Waals surface area contributed by atoms with Crippen LogP contribution in [-0.4, -0.2) is 82.3 Å². The van der Waals surface area contributed by atoms with Crippen LogP contribution in [0.2, 0.25) is 0 Å². The van der Waals surface area contributed by atoms with Gasteiger partial charge in [0, 0.05) is 22.1 Å². The van der Waals surface area contributed by atoms with Crippen LogP contribution in [0.4, 0.5) is 5.13 Å². The summed E-state index contributed by atoms with van der Waals surface area (Å²) in [6.45, 7) is 1.29. The molecule has 18 heteroatoms. The number of hydrogen-bond acceptors (Lipinski definition) is 12. The van der Waals surface area contributed by atoms with Crippen LogP contribution in [0.1, 0.15) is 18.3 Å². The zero-order valence-corrected chi connectivity index (χ0v) is 23.0. The Balaban J connectivity index is 1.35. The molecule has 0 spiro atoms. The second-order valence-corrected chi connectivity index (χ2v) is 11.6. The minimum Gasteiger partial charge on any atom is -0.478 e. The van der Waals surface area contributed by atoms with Crippen LogP contribution in [0.5, 0.6) is 0 Å². The summed E-state index contributed by atoms with van der Waals surface area (Å²) in [6, 6.07) is -1.06. The lowest BCUT2D eigenvalue weighted by Gasteiger charge is -2.49. The lowest BCUT2D eigenvalue weighted by molar-refractivity contribution is -0.687. The minimum atomic E-state index is -1.36. The number of nitrogen functional groups attached to an aromatic ring is 1. The number of thiazole rings is 2. The van der Waals surface area contributed by atoms with Crippen LogP contribution in [0.25, 0.3) is 4.83 Å². The minimum absolute atomic E-state index is 0.0276. The highest BCUT2D eigenvalue weighted by Gasteiger charge is 2.54. The molecule has 6 N–H and O–H groups in total. The number of carboxylic acid groups (broad SMARTS) is 2. The van der Waals surface area contributed by atoms with Crippen LogP contribution in [-0.2, 0) is 37.2 Å². The number of aromatic nitrogens is 3. The fraction of sp³-hybridized carbons (Fsp3) is 0.318. The van der Waals surface area contributed by atoms with Gasteiger partial charge >= 0.3 is 11.9 Å². The van der Waals surface area contributed by atoms with Gasteiger partial charge in [0.1, 0.15) is 47.8 Å². The van der Waals surface area contributed by atoms with E-state index in [2.05, 4.69) is 15.5 Å². The largest absolute Gasteiger partial charge is 0.478 e. The highest BCUT2D eigenvalue weighted by atomic mass is 32.2. The van der Waals surface area contributed by atoms with Gasteiger partial charge in [-0.3, -0.25) is 14.5 Å². The summed E-state index contributed by atoms with van der Waals surface area (Å²) in [5.41, 5.74) is 6.37. The second kappa shape index (κ2) is 10.9. The van der Waals surface area contributed by atoms with E-state index in [-0.39, 0.29) is 41.1 Å². The first kappa shape index (κ1) is 27.6. The molecule has 5 heterocycles. The predicted octanol–water partition coefficient (Wildman–Crippen LogP) is -0.548. The van der Waals surface area contributed by atoms with Crippen molar-refractivity contribution < 1.29 is 43.9 Å². The summed E-state index contributed by atoms with van der Waals surface area (Å²) < 4.78 is 3.59. The number of oxime groups is 1. The number of imidazole rings is 1. The maximum absolute atomic E-state index is 13.1. The Hall–Kier alpha value is -4.00. The number of aliphatic hydroxyl groups is 1. The van der Waals surface area contributed by atoms with Gasteiger partial charge in [-0.2, -0.15) is 4.40 Å². The molecule has 5 rings (SSSR count). The van der Waals surface area contributed by atoms with Crippen molar-refractivity contribution in [2.45, 2.75) is 37.6 Å². The molecule has 3 aromatic rings. The van der Waals surface area contributed by atoms with Crippen LogP contribution >= 0.6 is 34.4 Å².